The molecule has 86 valence electrons. The number of hydrogen-bond acceptors (Lipinski definition) is 3. The van der Waals surface area contributed by atoms with Crippen LogP contribution in [0.2, 0.25) is 0 Å². The molecule has 1 aromatic carbocycles. The van der Waals surface area contributed by atoms with Crippen LogP contribution in [0.15, 0.2) is 24.3 Å². The molecule has 5 heteroatoms. The van der Waals surface area contributed by atoms with E-state index in [9.17, 15) is 9.59 Å². The summed E-state index contributed by atoms with van der Waals surface area (Å²) in [6.45, 7) is 0.365. The summed E-state index contributed by atoms with van der Waals surface area (Å²) in [5, 5.41) is 11.0. The molecule has 1 amide bonds. The summed E-state index contributed by atoms with van der Waals surface area (Å²) in [5.74, 6) is -1.25. The van der Waals surface area contributed by atoms with Crippen LogP contribution in [0.1, 0.15) is 18.4 Å². The van der Waals surface area contributed by atoms with Gasteiger partial charge in [0, 0.05) is 18.7 Å². The lowest BCUT2D eigenvalue weighted by molar-refractivity contribution is -0.138. The normalized spacial score (nSPS) is 9.75. The van der Waals surface area contributed by atoms with Crippen molar-refractivity contribution in [3.05, 3.63) is 29.8 Å². The molecule has 5 nitrogen and oxygen atoms in total. The Hall–Kier alpha value is -2.04. The fourth-order valence-electron chi connectivity index (χ4n) is 1.21. The average molecular weight is 222 g/mol. The number of carboxylic acid groups (broad SMARTS) is 1. The molecule has 0 aromatic heterocycles. The summed E-state index contributed by atoms with van der Waals surface area (Å²) in [7, 11) is 0. The van der Waals surface area contributed by atoms with Gasteiger partial charge in [-0.25, -0.2) is 0 Å². The van der Waals surface area contributed by atoms with Crippen LogP contribution < -0.4 is 11.1 Å². The molecular formula is C11H14N2O3. The standard InChI is InChI=1S/C11H14N2O3/c12-9-3-1-2-8(6-9)7-13-10(14)4-5-11(15)16/h1-3,6H,4-5,7,12H2,(H,13,14)(H,15,16). The number of rotatable bonds is 5. The van der Waals surface area contributed by atoms with Crippen molar-refractivity contribution in [1.82, 2.24) is 5.32 Å². The summed E-state index contributed by atoms with van der Waals surface area (Å²) in [5.41, 5.74) is 7.10. The molecule has 0 aliphatic heterocycles. The minimum absolute atomic E-state index is 0.00233. The summed E-state index contributed by atoms with van der Waals surface area (Å²) < 4.78 is 0. The van der Waals surface area contributed by atoms with Crippen molar-refractivity contribution in [3.63, 3.8) is 0 Å². The topological polar surface area (TPSA) is 92.4 Å². The summed E-state index contributed by atoms with van der Waals surface area (Å²) in [6, 6.07) is 7.16. The van der Waals surface area contributed by atoms with E-state index in [1.165, 1.54) is 0 Å². The molecule has 4 N–H and O–H groups in total. The third kappa shape index (κ3) is 4.45. The Balaban J connectivity index is 2.34. The first-order valence-corrected chi connectivity index (χ1v) is 4.91. The van der Waals surface area contributed by atoms with Crippen LogP contribution in [0.25, 0.3) is 0 Å². The fourth-order valence-corrected chi connectivity index (χ4v) is 1.21. The van der Waals surface area contributed by atoms with E-state index in [0.717, 1.165) is 5.56 Å². The zero-order valence-electron chi connectivity index (χ0n) is 8.77. The van der Waals surface area contributed by atoms with Crippen LogP contribution in [-0.4, -0.2) is 17.0 Å². The maximum Gasteiger partial charge on any atom is 0.303 e. The molecule has 1 aromatic rings. The minimum atomic E-state index is -0.973. The number of hydrogen-bond donors (Lipinski definition) is 3. The van der Waals surface area contributed by atoms with Gasteiger partial charge in [0.2, 0.25) is 5.91 Å². The number of nitrogens with one attached hydrogen (secondary N) is 1. The number of carboxylic acids is 1. The second-order valence-electron chi connectivity index (χ2n) is 3.42. The first-order chi connectivity index (χ1) is 7.58. The van der Waals surface area contributed by atoms with Gasteiger partial charge in [0.25, 0.3) is 0 Å². The van der Waals surface area contributed by atoms with Crippen molar-refractivity contribution >= 4 is 17.6 Å². The molecular weight excluding hydrogens is 208 g/mol. The maximum atomic E-state index is 11.2. The predicted molar refractivity (Wildman–Crippen MR) is 59.6 cm³/mol. The highest BCUT2D eigenvalue weighted by Crippen LogP contribution is 2.05. The first-order valence-electron chi connectivity index (χ1n) is 4.91. The molecule has 0 saturated heterocycles. The Kier molecular flexibility index (Phi) is 4.32. The van der Waals surface area contributed by atoms with Crippen molar-refractivity contribution in [2.24, 2.45) is 0 Å². The van der Waals surface area contributed by atoms with Crippen LogP contribution in [0, 0.1) is 0 Å². The molecule has 0 unspecified atom stereocenters. The third-order valence-corrected chi connectivity index (χ3v) is 2.01. The molecule has 0 aliphatic carbocycles. The van der Waals surface area contributed by atoms with Gasteiger partial charge >= 0.3 is 5.97 Å². The molecule has 0 radical (unpaired) electrons. The van der Waals surface area contributed by atoms with Gasteiger partial charge in [0.1, 0.15) is 0 Å². The Labute approximate surface area is 93.3 Å². The molecule has 0 spiro atoms. The van der Waals surface area contributed by atoms with E-state index in [2.05, 4.69) is 5.32 Å². The van der Waals surface area contributed by atoms with Crippen LogP contribution in [0.4, 0.5) is 5.69 Å². The second kappa shape index (κ2) is 5.75. The Morgan fingerprint density at radius 3 is 2.69 bits per heavy atom. The number of carbonyl (C=O) groups excluding carboxylic acids is 1. The van der Waals surface area contributed by atoms with Crippen molar-refractivity contribution < 1.29 is 14.7 Å². The number of anilines is 1. The molecule has 16 heavy (non-hydrogen) atoms. The van der Waals surface area contributed by atoms with E-state index in [-0.39, 0.29) is 18.7 Å². The Morgan fingerprint density at radius 2 is 2.06 bits per heavy atom. The highest BCUT2D eigenvalue weighted by molar-refractivity contribution is 5.80. The quantitative estimate of drug-likeness (QED) is 0.641. The van der Waals surface area contributed by atoms with Gasteiger partial charge in [0.15, 0.2) is 0 Å². The van der Waals surface area contributed by atoms with Gasteiger partial charge in [-0.05, 0) is 17.7 Å². The SMILES string of the molecule is Nc1cccc(CNC(=O)CCC(=O)O)c1. The number of carbonyl (C=O) groups is 2. The number of amides is 1. The molecule has 0 atom stereocenters. The zero-order valence-corrected chi connectivity index (χ0v) is 8.77. The number of nitrogens with two attached hydrogens (primary N) is 1. The molecule has 0 heterocycles. The third-order valence-electron chi connectivity index (χ3n) is 2.01. The Morgan fingerprint density at radius 1 is 1.31 bits per heavy atom. The summed E-state index contributed by atoms with van der Waals surface area (Å²) in [6.07, 6.45) is -0.152. The van der Waals surface area contributed by atoms with E-state index in [0.29, 0.717) is 12.2 Å². The van der Waals surface area contributed by atoms with Gasteiger partial charge in [-0.3, -0.25) is 9.59 Å². The zero-order chi connectivity index (χ0) is 12.0. The molecule has 0 bridgehead atoms. The Bertz CT molecular complexity index is 391. The first kappa shape index (κ1) is 12.0. The van der Waals surface area contributed by atoms with Crippen molar-refractivity contribution in [3.8, 4) is 0 Å². The highest BCUT2D eigenvalue weighted by Gasteiger charge is 2.04. The minimum Gasteiger partial charge on any atom is -0.481 e. The molecule has 1 rings (SSSR count). The van der Waals surface area contributed by atoms with Gasteiger partial charge in [-0.1, -0.05) is 12.1 Å². The van der Waals surface area contributed by atoms with Crippen molar-refractivity contribution in [2.45, 2.75) is 19.4 Å². The highest BCUT2D eigenvalue weighted by atomic mass is 16.4. The maximum absolute atomic E-state index is 11.2. The van der Waals surface area contributed by atoms with Crippen LogP contribution in [-0.2, 0) is 16.1 Å². The number of benzene rings is 1. The van der Waals surface area contributed by atoms with Crippen LogP contribution >= 0.6 is 0 Å². The van der Waals surface area contributed by atoms with E-state index < -0.39 is 5.97 Å². The summed E-state index contributed by atoms with van der Waals surface area (Å²) in [4.78, 5) is 21.4. The van der Waals surface area contributed by atoms with E-state index in [1.54, 1.807) is 18.2 Å². The monoisotopic (exact) mass is 222 g/mol. The van der Waals surface area contributed by atoms with Crippen molar-refractivity contribution in [2.75, 3.05) is 5.73 Å². The molecule has 0 aliphatic rings. The van der Waals surface area contributed by atoms with Gasteiger partial charge in [0.05, 0.1) is 6.42 Å². The average Bonchev–Trinajstić information content (AvgIpc) is 2.23. The van der Waals surface area contributed by atoms with Gasteiger partial charge in [-0.15, -0.1) is 0 Å². The molecule has 0 fully saturated rings. The lowest BCUT2D eigenvalue weighted by Crippen LogP contribution is -2.23. The lowest BCUT2D eigenvalue weighted by atomic mass is 10.2. The number of nitrogen functional groups attached to an aromatic ring is 1. The van der Waals surface area contributed by atoms with Crippen molar-refractivity contribution in [1.29, 1.82) is 0 Å². The van der Waals surface area contributed by atoms with Gasteiger partial charge in [-0.2, -0.15) is 0 Å². The van der Waals surface area contributed by atoms with E-state index in [1.807, 2.05) is 6.07 Å². The lowest BCUT2D eigenvalue weighted by Gasteiger charge is -2.04. The smallest absolute Gasteiger partial charge is 0.303 e. The molecule has 0 saturated carbocycles. The predicted octanol–water partition coefficient (Wildman–Crippen LogP) is 0.750. The van der Waals surface area contributed by atoms with Gasteiger partial charge < -0.3 is 16.2 Å². The second-order valence-corrected chi connectivity index (χ2v) is 3.42. The van der Waals surface area contributed by atoms with E-state index in [4.69, 9.17) is 10.8 Å². The number of aliphatic carboxylic acids is 1. The van der Waals surface area contributed by atoms with Crippen LogP contribution in [0.3, 0.4) is 0 Å². The summed E-state index contributed by atoms with van der Waals surface area (Å²) >= 11 is 0. The van der Waals surface area contributed by atoms with Crippen LogP contribution in [0.5, 0.6) is 0 Å². The fraction of sp³-hybridized carbons (Fsp3) is 0.273. The van der Waals surface area contributed by atoms with E-state index >= 15 is 0 Å². The largest absolute Gasteiger partial charge is 0.481 e.